The lowest BCUT2D eigenvalue weighted by Gasteiger charge is -2.29. The molecule has 0 aromatic carbocycles. The SMILES string of the molecule is CCC(C)CN(CC)S(=O)(=O)CCN1CCNCC1. The van der Waals surface area contributed by atoms with Crippen molar-refractivity contribution in [1.29, 1.82) is 0 Å². The first-order valence-corrected chi connectivity index (χ1v) is 9.01. The number of piperazine rings is 1. The summed E-state index contributed by atoms with van der Waals surface area (Å²) in [6.45, 7) is 11.8. The maximum Gasteiger partial charge on any atom is 0.215 e. The van der Waals surface area contributed by atoms with Crippen molar-refractivity contribution < 1.29 is 8.42 Å². The molecule has 1 atom stereocenters. The van der Waals surface area contributed by atoms with Crippen LogP contribution >= 0.6 is 0 Å². The summed E-state index contributed by atoms with van der Waals surface area (Å²) in [5.74, 6) is 0.672. The molecule has 0 aliphatic carbocycles. The molecule has 1 rings (SSSR count). The third-order valence-electron chi connectivity index (χ3n) is 3.83. The third kappa shape index (κ3) is 5.77. The van der Waals surface area contributed by atoms with Gasteiger partial charge >= 0.3 is 0 Å². The van der Waals surface area contributed by atoms with E-state index < -0.39 is 10.0 Å². The molecule has 1 saturated heterocycles. The van der Waals surface area contributed by atoms with Crippen molar-refractivity contribution in [3.05, 3.63) is 0 Å². The normalized spacial score (nSPS) is 19.8. The topological polar surface area (TPSA) is 52.7 Å². The summed E-state index contributed by atoms with van der Waals surface area (Å²) in [4.78, 5) is 2.23. The van der Waals surface area contributed by atoms with Gasteiger partial charge in [0, 0.05) is 45.8 Å². The van der Waals surface area contributed by atoms with Gasteiger partial charge in [-0.2, -0.15) is 0 Å². The molecule has 1 unspecified atom stereocenters. The zero-order valence-corrected chi connectivity index (χ0v) is 13.4. The number of rotatable bonds is 8. The van der Waals surface area contributed by atoms with E-state index in [0.29, 0.717) is 25.6 Å². The van der Waals surface area contributed by atoms with Crippen molar-refractivity contribution in [3.63, 3.8) is 0 Å². The number of sulfonamides is 1. The van der Waals surface area contributed by atoms with E-state index in [1.807, 2.05) is 6.92 Å². The largest absolute Gasteiger partial charge is 0.314 e. The number of nitrogens with zero attached hydrogens (tertiary/aromatic N) is 2. The van der Waals surface area contributed by atoms with Gasteiger partial charge in [0.15, 0.2) is 0 Å². The van der Waals surface area contributed by atoms with Crippen molar-refractivity contribution in [3.8, 4) is 0 Å². The Balaban J connectivity index is 2.47. The van der Waals surface area contributed by atoms with Gasteiger partial charge in [-0.1, -0.05) is 27.2 Å². The summed E-state index contributed by atoms with van der Waals surface area (Å²) < 4.78 is 26.3. The fourth-order valence-corrected chi connectivity index (χ4v) is 3.85. The molecular weight excluding hydrogens is 262 g/mol. The Bertz CT molecular complexity index is 340. The van der Waals surface area contributed by atoms with Crippen LogP contribution in [0.25, 0.3) is 0 Å². The van der Waals surface area contributed by atoms with E-state index in [0.717, 1.165) is 32.6 Å². The smallest absolute Gasteiger partial charge is 0.215 e. The predicted molar refractivity (Wildman–Crippen MR) is 79.8 cm³/mol. The van der Waals surface area contributed by atoms with E-state index in [-0.39, 0.29) is 5.75 Å². The molecule has 5 nitrogen and oxygen atoms in total. The van der Waals surface area contributed by atoms with Gasteiger partial charge in [-0.3, -0.25) is 4.90 Å². The van der Waals surface area contributed by atoms with Crippen LogP contribution in [0, 0.1) is 5.92 Å². The van der Waals surface area contributed by atoms with E-state index in [1.165, 1.54) is 0 Å². The highest BCUT2D eigenvalue weighted by molar-refractivity contribution is 7.89. The molecule has 1 fully saturated rings. The quantitative estimate of drug-likeness (QED) is 0.711. The fourth-order valence-electron chi connectivity index (χ4n) is 2.22. The highest BCUT2D eigenvalue weighted by Gasteiger charge is 2.23. The second-order valence-corrected chi connectivity index (χ2v) is 7.46. The maximum absolute atomic E-state index is 12.3. The van der Waals surface area contributed by atoms with Gasteiger partial charge in [0.05, 0.1) is 5.75 Å². The molecular formula is C13H29N3O2S. The Morgan fingerprint density at radius 1 is 1.26 bits per heavy atom. The molecule has 1 aliphatic heterocycles. The van der Waals surface area contributed by atoms with Gasteiger partial charge in [-0.05, 0) is 5.92 Å². The zero-order chi connectivity index (χ0) is 14.3. The van der Waals surface area contributed by atoms with Gasteiger partial charge in [0.25, 0.3) is 0 Å². The lowest BCUT2D eigenvalue weighted by atomic mass is 10.1. The van der Waals surface area contributed by atoms with Crippen LogP contribution in [-0.4, -0.2) is 69.2 Å². The molecule has 19 heavy (non-hydrogen) atoms. The molecule has 114 valence electrons. The summed E-state index contributed by atoms with van der Waals surface area (Å²) in [7, 11) is -3.11. The number of hydrogen-bond donors (Lipinski definition) is 1. The van der Waals surface area contributed by atoms with Gasteiger partial charge in [-0.25, -0.2) is 12.7 Å². The molecule has 0 amide bonds. The van der Waals surface area contributed by atoms with Crippen molar-refractivity contribution in [2.45, 2.75) is 27.2 Å². The molecule has 0 aromatic heterocycles. The number of hydrogen-bond acceptors (Lipinski definition) is 4. The van der Waals surface area contributed by atoms with Crippen LogP contribution in [0.15, 0.2) is 0 Å². The molecule has 1 N–H and O–H groups in total. The number of nitrogens with one attached hydrogen (secondary N) is 1. The first-order valence-electron chi connectivity index (χ1n) is 7.40. The summed E-state index contributed by atoms with van der Waals surface area (Å²) >= 11 is 0. The summed E-state index contributed by atoms with van der Waals surface area (Å²) in [6, 6.07) is 0. The highest BCUT2D eigenvalue weighted by Crippen LogP contribution is 2.09. The summed E-state index contributed by atoms with van der Waals surface area (Å²) in [6.07, 6.45) is 1.02. The van der Waals surface area contributed by atoms with Gasteiger partial charge in [0.2, 0.25) is 10.0 Å². The lowest BCUT2D eigenvalue weighted by molar-refractivity contribution is 0.252. The van der Waals surface area contributed by atoms with Crippen molar-refractivity contribution in [1.82, 2.24) is 14.5 Å². The Kier molecular flexibility index (Phi) is 7.28. The first kappa shape index (κ1) is 16.9. The van der Waals surface area contributed by atoms with Gasteiger partial charge in [0.1, 0.15) is 0 Å². The highest BCUT2D eigenvalue weighted by atomic mass is 32.2. The lowest BCUT2D eigenvalue weighted by Crippen LogP contribution is -2.46. The van der Waals surface area contributed by atoms with Crippen LogP contribution in [0.5, 0.6) is 0 Å². The molecule has 0 aromatic rings. The van der Waals surface area contributed by atoms with Crippen LogP contribution in [0.2, 0.25) is 0 Å². The van der Waals surface area contributed by atoms with E-state index in [1.54, 1.807) is 4.31 Å². The van der Waals surface area contributed by atoms with Crippen LogP contribution < -0.4 is 5.32 Å². The predicted octanol–water partition coefficient (Wildman–Crippen LogP) is 0.589. The van der Waals surface area contributed by atoms with Crippen LogP contribution in [0.3, 0.4) is 0 Å². The maximum atomic E-state index is 12.3. The first-order chi connectivity index (χ1) is 8.99. The third-order valence-corrected chi connectivity index (χ3v) is 5.73. The molecule has 1 heterocycles. The van der Waals surface area contributed by atoms with Crippen molar-refractivity contribution >= 4 is 10.0 Å². The second-order valence-electron chi connectivity index (χ2n) is 5.37. The molecule has 0 bridgehead atoms. The molecule has 1 aliphatic rings. The monoisotopic (exact) mass is 291 g/mol. The summed E-state index contributed by atoms with van der Waals surface area (Å²) in [5, 5.41) is 3.28. The minimum atomic E-state index is -3.11. The standard InChI is InChI=1S/C13H29N3O2S/c1-4-13(3)12-16(5-2)19(17,18)11-10-15-8-6-14-7-9-15/h13-14H,4-12H2,1-3H3. The van der Waals surface area contributed by atoms with Crippen molar-refractivity contribution in [2.75, 3.05) is 51.6 Å². The second kappa shape index (κ2) is 8.19. The van der Waals surface area contributed by atoms with Gasteiger partial charge in [-0.15, -0.1) is 0 Å². The minimum Gasteiger partial charge on any atom is -0.314 e. The average molecular weight is 291 g/mol. The van der Waals surface area contributed by atoms with Crippen LogP contribution in [0.4, 0.5) is 0 Å². The van der Waals surface area contributed by atoms with E-state index in [4.69, 9.17) is 0 Å². The molecule has 6 heteroatoms. The van der Waals surface area contributed by atoms with E-state index in [9.17, 15) is 8.42 Å². The van der Waals surface area contributed by atoms with E-state index in [2.05, 4.69) is 24.1 Å². The van der Waals surface area contributed by atoms with Gasteiger partial charge < -0.3 is 5.32 Å². The Morgan fingerprint density at radius 3 is 2.42 bits per heavy atom. The summed E-state index contributed by atoms with van der Waals surface area (Å²) in [5.41, 5.74) is 0. The molecule has 0 radical (unpaired) electrons. The van der Waals surface area contributed by atoms with Crippen LogP contribution in [-0.2, 0) is 10.0 Å². The Labute approximate surface area is 118 Å². The molecule has 0 spiro atoms. The van der Waals surface area contributed by atoms with Crippen LogP contribution in [0.1, 0.15) is 27.2 Å². The average Bonchev–Trinajstić information content (AvgIpc) is 2.43. The fraction of sp³-hybridized carbons (Fsp3) is 1.00. The van der Waals surface area contributed by atoms with Crippen molar-refractivity contribution in [2.24, 2.45) is 5.92 Å². The zero-order valence-electron chi connectivity index (χ0n) is 12.6. The Hall–Kier alpha value is -0.170. The molecule has 0 saturated carbocycles. The minimum absolute atomic E-state index is 0.247. The Morgan fingerprint density at radius 2 is 1.89 bits per heavy atom. The van der Waals surface area contributed by atoms with E-state index >= 15 is 0 Å².